The monoisotopic (exact) mass is 217 g/mol. The highest BCUT2D eigenvalue weighted by Crippen LogP contribution is 2.34. The molecule has 0 N–H and O–H groups in total. The van der Waals surface area contributed by atoms with Crippen molar-refractivity contribution in [1.82, 2.24) is 4.90 Å². The summed E-state index contributed by atoms with van der Waals surface area (Å²) in [6.45, 7) is 11.5. The number of hydrogen-bond acceptors (Lipinski definition) is 1. The normalized spacial score (nSPS) is 28.3. The summed E-state index contributed by atoms with van der Waals surface area (Å²) < 4.78 is 0. The smallest absolute Gasteiger partial charge is 0.0411 e. The maximum Gasteiger partial charge on any atom is 0.0411 e. The first-order chi connectivity index (χ1) is 6.51. The van der Waals surface area contributed by atoms with Crippen molar-refractivity contribution in [1.29, 1.82) is 0 Å². The zero-order valence-electron chi connectivity index (χ0n) is 10.0. The molecule has 1 atom stereocenters. The van der Waals surface area contributed by atoms with E-state index in [1.807, 2.05) is 0 Å². The van der Waals surface area contributed by atoms with Crippen LogP contribution in [0.4, 0.5) is 0 Å². The summed E-state index contributed by atoms with van der Waals surface area (Å²) in [4.78, 5) is 2.62. The fourth-order valence-corrected chi connectivity index (χ4v) is 2.65. The highest BCUT2D eigenvalue weighted by Gasteiger charge is 2.36. The van der Waals surface area contributed by atoms with Crippen molar-refractivity contribution >= 4 is 11.6 Å². The van der Waals surface area contributed by atoms with Crippen molar-refractivity contribution in [2.75, 3.05) is 13.1 Å². The van der Waals surface area contributed by atoms with Gasteiger partial charge in [-0.1, -0.05) is 27.7 Å². The van der Waals surface area contributed by atoms with Gasteiger partial charge in [0.15, 0.2) is 0 Å². The lowest BCUT2D eigenvalue weighted by molar-refractivity contribution is 0.0778. The van der Waals surface area contributed by atoms with Crippen LogP contribution in [-0.2, 0) is 0 Å². The van der Waals surface area contributed by atoms with Crippen LogP contribution in [0.3, 0.4) is 0 Å². The first-order valence-electron chi connectivity index (χ1n) is 5.89. The zero-order chi connectivity index (χ0) is 10.8. The molecule has 1 nitrogen and oxygen atoms in total. The number of likely N-dealkylation sites (tertiary alicyclic amines) is 1. The highest BCUT2D eigenvalue weighted by atomic mass is 35.5. The van der Waals surface area contributed by atoms with E-state index in [9.17, 15) is 0 Å². The van der Waals surface area contributed by atoms with Crippen molar-refractivity contribution in [3.63, 3.8) is 0 Å². The van der Waals surface area contributed by atoms with Gasteiger partial charge in [-0.05, 0) is 31.2 Å². The van der Waals surface area contributed by atoms with E-state index in [1.165, 1.54) is 19.4 Å². The molecule has 1 aliphatic heterocycles. The van der Waals surface area contributed by atoms with Crippen LogP contribution in [0.5, 0.6) is 0 Å². The molecule has 1 aliphatic rings. The van der Waals surface area contributed by atoms with Crippen molar-refractivity contribution in [3.05, 3.63) is 0 Å². The van der Waals surface area contributed by atoms with E-state index in [1.54, 1.807) is 0 Å². The molecule has 1 heterocycles. The Hall–Kier alpha value is 0.250. The summed E-state index contributed by atoms with van der Waals surface area (Å²) in [6, 6.07) is 0.762. The van der Waals surface area contributed by atoms with E-state index in [0.717, 1.165) is 19.0 Å². The second-order valence-corrected chi connectivity index (χ2v) is 5.71. The Morgan fingerprint density at radius 2 is 1.93 bits per heavy atom. The van der Waals surface area contributed by atoms with Crippen molar-refractivity contribution in [3.8, 4) is 0 Å². The lowest BCUT2D eigenvalue weighted by Crippen LogP contribution is -2.50. The molecule has 0 amide bonds. The van der Waals surface area contributed by atoms with Crippen LogP contribution in [0.1, 0.15) is 47.0 Å². The van der Waals surface area contributed by atoms with Gasteiger partial charge in [0.25, 0.3) is 0 Å². The first kappa shape index (κ1) is 12.3. The summed E-state index contributed by atoms with van der Waals surface area (Å²) in [5.41, 5.74) is 0.280. The highest BCUT2D eigenvalue weighted by molar-refractivity contribution is 6.21. The van der Waals surface area contributed by atoms with Gasteiger partial charge in [0.1, 0.15) is 0 Å². The summed E-state index contributed by atoms with van der Waals surface area (Å²) in [5, 5.41) is 0.355. The zero-order valence-corrected chi connectivity index (χ0v) is 10.8. The second kappa shape index (κ2) is 4.85. The van der Waals surface area contributed by atoms with Gasteiger partial charge in [-0.2, -0.15) is 0 Å². The molecule has 0 radical (unpaired) electrons. The van der Waals surface area contributed by atoms with E-state index < -0.39 is 0 Å². The van der Waals surface area contributed by atoms with Gasteiger partial charge in [-0.15, -0.1) is 11.6 Å². The van der Waals surface area contributed by atoms with Crippen LogP contribution in [0, 0.1) is 5.41 Å². The van der Waals surface area contributed by atoms with Crippen LogP contribution in [0.15, 0.2) is 0 Å². The Bertz CT molecular complexity index is 175. The van der Waals surface area contributed by atoms with Crippen LogP contribution in [0.25, 0.3) is 0 Å². The molecule has 0 saturated carbocycles. The molecule has 1 rings (SSSR count). The van der Waals surface area contributed by atoms with Crippen LogP contribution < -0.4 is 0 Å². The third kappa shape index (κ3) is 2.64. The second-order valence-electron chi connectivity index (χ2n) is 5.19. The molecule has 0 bridgehead atoms. The number of nitrogens with zero attached hydrogens (tertiary/aromatic N) is 1. The Labute approximate surface area is 93.8 Å². The van der Waals surface area contributed by atoms with E-state index in [0.29, 0.717) is 5.38 Å². The van der Waals surface area contributed by atoms with Gasteiger partial charge >= 0.3 is 0 Å². The maximum absolute atomic E-state index is 6.34. The van der Waals surface area contributed by atoms with Gasteiger partial charge in [0.05, 0.1) is 0 Å². The molecule has 0 aromatic heterocycles. The standard InChI is InChI=1S/C12H24ClN/c1-5-10(6-2)14-8-7-11(13)12(3,4)9-14/h10-11H,5-9H2,1-4H3. The predicted octanol–water partition coefficient (Wildman–Crippen LogP) is 3.51. The summed E-state index contributed by atoms with van der Waals surface area (Å²) in [5.74, 6) is 0. The Morgan fingerprint density at radius 3 is 2.36 bits per heavy atom. The number of piperidine rings is 1. The van der Waals surface area contributed by atoms with Crippen LogP contribution in [0.2, 0.25) is 0 Å². The third-order valence-electron chi connectivity index (χ3n) is 3.59. The van der Waals surface area contributed by atoms with E-state index >= 15 is 0 Å². The van der Waals surface area contributed by atoms with Gasteiger partial charge in [0, 0.05) is 18.0 Å². The van der Waals surface area contributed by atoms with Crippen LogP contribution in [-0.4, -0.2) is 29.4 Å². The summed E-state index contributed by atoms with van der Waals surface area (Å²) in [6.07, 6.45) is 3.67. The number of halogens is 1. The van der Waals surface area contributed by atoms with E-state index in [-0.39, 0.29) is 5.41 Å². The first-order valence-corrected chi connectivity index (χ1v) is 6.33. The Kier molecular flexibility index (Phi) is 4.27. The molecule has 84 valence electrons. The van der Waals surface area contributed by atoms with Crippen molar-refractivity contribution in [2.24, 2.45) is 5.41 Å². The number of hydrogen-bond donors (Lipinski definition) is 0. The largest absolute Gasteiger partial charge is 0.300 e. The van der Waals surface area contributed by atoms with Gasteiger partial charge < -0.3 is 0 Å². The molecule has 1 fully saturated rings. The number of rotatable bonds is 3. The fraction of sp³-hybridized carbons (Fsp3) is 1.00. The maximum atomic E-state index is 6.34. The average Bonchev–Trinajstić information content (AvgIpc) is 2.13. The average molecular weight is 218 g/mol. The summed E-state index contributed by atoms with van der Waals surface area (Å²) >= 11 is 6.34. The lowest BCUT2D eigenvalue weighted by atomic mass is 9.82. The minimum atomic E-state index is 0.280. The van der Waals surface area contributed by atoms with E-state index in [2.05, 4.69) is 32.6 Å². The lowest BCUT2D eigenvalue weighted by Gasteiger charge is -2.44. The molecule has 0 aromatic rings. The van der Waals surface area contributed by atoms with Crippen molar-refractivity contribution in [2.45, 2.75) is 58.4 Å². The third-order valence-corrected chi connectivity index (χ3v) is 4.40. The van der Waals surface area contributed by atoms with Crippen LogP contribution >= 0.6 is 11.6 Å². The molecule has 2 heteroatoms. The molecular formula is C12H24ClN. The molecule has 0 spiro atoms. The molecule has 14 heavy (non-hydrogen) atoms. The Morgan fingerprint density at radius 1 is 1.36 bits per heavy atom. The minimum absolute atomic E-state index is 0.280. The minimum Gasteiger partial charge on any atom is -0.300 e. The summed E-state index contributed by atoms with van der Waals surface area (Å²) in [7, 11) is 0. The van der Waals surface area contributed by atoms with Gasteiger partial charge in [-0.3, -0.25) is 4.90 Å². The molecule has 1 saturated heterocycles. The molecular weight excluding hydrogens is 194 g/mol. The molecule has 0 aromatic carbocycles. The Balaban J connectivity index is 2.58. The van der Waals surface area contributed by atoms with Gasteiger partial charge in [-0.25, -0.2) is 0 Å². The van der Waals surface area contributed by atoms with Crippen molar-refractivity contribution < 1.29 is 0 Å². The topological polar surface area (TPSA) is 3.24 Å². The fourth-order valence-electron chi connectivity index (χ4n) is 2.49. The predicted molar refractivity (Wildman–Crippen MR) is 64.0 cm³/mol. The van der Waals surface area contributed by atoms with E-state index in [4.69, 9.17) is 11.6 Å². The quantitative estimate of drug-likeness (QED) is 0.654. The molecule has 1 unspecified atom stereocenters. The SMILES string of the molecule is CCC(CC)N1CCC(Cl)C(C)(C)C1. The number of alkyl halides is 1. The molecule has 0 aliphatic carbocycles. The van der Waals surface area contributed by atoms with Gasteiger partial charge in [0.2, 0.25) is 0 Å².